The van der Waals surface area contributed by atoms with Crippen LogP contribution in [-0.2, 0) is 11.2 Å². The quantitative estimate of drug-likeness (QED) is 0.737. The minimum Gasteiger partial charge on any atom is -0.334 e. The number of fused-ring (bicyclic) bond motifs is 3. The third-order valence-corrected chi connectivity index (χ3v) is 3.80. The topological polar surface area (TPSA) is 46.3 Å². The maximum atomic E-state index is 13.3. The lowest BCUT2D eigenvalue weighted by molar-refractivity contribution is -0.137. The summed E-state index contributed by atoms with van der Waals surface area (Å²) in [5, 5.41) is 0. The van der Waals surface area contributed by atoms with E-state index < -0.39 is 0 Å². The number of piperidine rings is 1. The zero-order chi connectivity index (χ0) is 12.0. The molecule has 0 saturated carbocycles. The molecule has 1 fully saturated rings. The molecule has 0 aromatic heterocycles. The van der Waals surface area contributed by atoms with Crippen LogP contribution in [0.5, 0.6) is 0 Å². The van der Waals surface area contributed by atoms with Crippen LogP contribution in [0, 0.1) is 5.82 Å². The van der Waals surface area contributed by atoms with Crippen molar-refractivity contribution in [3.05, 3.63) is 35.1 Å². The van der Waals surface area contributed by atoms with Gasteiger partial charge in [0.1, 0.15) is 5.82 Å². The minimum absolute atomic E-state index is 0.0754. The first-order chi connectivity index (χ1) is 8.16. The number of amides is 1. The van der Waals surface area contributed by atoms with Crippen LogP contribution in [0.15, 0.2) is 18.2 Å². The van der Waals surface area contributed by atoms with Crippen molar-refractivity contribution in [3.63, 3.8) is 0 Å². The summed E-state index contributed by atoms with van der Waals surface area (Å²) < 4.78 is 13.3. The van der Waals surface area contributed by atoms with Crippen molar-refractivity contribution < 1.29 is 9.18 Å². The molecular formula is C13H15FN2O. The molecule has 4 heteroatoms. The van der Waals surface area contributed by atoms with E-state index in [2.05, 4.69) is 0 Å². The lowest BCUT2D eigenvalue weighted by Crippen LogP contribution is -2.51. The molecule has 2 aliphatic heterocycles. The Hall–Kier alpha value is -1.42. The third-order valence-electron chi connectivity index (χ3n) is 3.80. The predicted molar refractivity (Wildman–Crippen MR) is 61.8 cm³/mol. The average Bonchev–Trinajstić information content (AvgIpc) is 2.33. The van der Waals surface area contributed by atoms with E-state index in [1.807, 2.05) is 11.0 Å². The summed E-state index contributed by atoms with van der Waals surface area (Å²) in [4.78, 5) is 13.7. The first kappa shape index (κ1) is 10.7. The zero-order valence-corrected chi connectivity index (χ0v) is 9.53. The fraction of sp³-hybridized carbons (Fsp3) is 0.462. The number of carbonyl (C=O) groups is 1. The summed E-state index contributed by atoms with van der Waals surface area (Å²) in [6.07, 6.45) is 2.00. The summed E-state index contributed by atoms with van der Waals surface area (Å²) in [6, 6.07) is 4.62. The van der Waals surface area contributed by atoms with Crippen LogP contribution in [0.2, 0.25) is 0 Å². The first-order valence-electron chi connectivity index (χ1n) is 6.00. The number of hydrogen-bond acceptors (Lipinski definition) is 2. The van der Waals surface area contributed by atoms with E-state index in [4.69, 9.17) is 5.73 Å². The number of nitrogens with zero attached hydrogens (tertiary/aromatic N) is 1. The molecule has 90 valence electrons. The third kappa shape index (κ3) is 1.63. The predicted octanol–water partition coefficient (Wildman–Crippen LogP) is 1.37. The van der Waals surface area contributed by atoms with Crippen molar-refractivity contribution in [2.45, 2.75) is 31.3 Å². The molecule has 0 bridgehead atoms. The Bertz CT molecular complexity index is 474. The van der Waals surface area contributed by atoms with Gasteiger partial charge in [-0.1, -0.05) is 6.07 Å². The van der Waals surface area contributed by atoms with Crippen molar-refractivity contribution in [2.24, 2.45) is 5.73 Å². The van der Waals surface area contributed by atoms with E-state index in [9.17, 15) is 9.18 Å². The van der Waals surface area contributed by atoms with Crippen molar-refractivity contribution in [3.8, 4) is 0 Å². The van der Waals surface area contributed by atoms with Gasteiger partial charge in [-0.05, 0) is 36.1 Å². The van der Waals surface area contributed by atoms with E-state index in [0.717, 1.165) is 17.5 Å². The zero-order valence-electron chi connectivity index (χ0n) is 9.53. The smallest absolute Gasteiger partial charge is 0.223 e. The number of halogens is 1. The highest BCUT2D eigenvalue weighted by molar-refractivity contribution is 5.78. The number of nitrogens with two attached hydrogens (primary N) is 1. The van der Waals surface area contributed by atoms with Crippen molar-refractivity contribution >= 4 is 5.91 Å². The standard InChI is InChI=1S/C13H15FN2O/c14-9-2-1-8-5-6-16-12(17)4-3-11(15)13(16)10(8)7-9/h1-2,7,11,13H,3-6,15H2. The Labute approximate surface area is 99.4 Å². The molecule has 2 aliphatic rings. The Balaban J connectivity index is 2.08. The van der Waals surface area contributed by atoms with E-state index in [0.29, 0.717) is 19.4 Å². The number of carbonyl (C=O) groups excluding carboxylic acids is 1. The van der Waals surface area contributed by atoms with Gasteiger partial charge in [-0.15, -0.1) is 0 Å². The molecular weight excluding hydrogens is 219 g/mol. The summed E-state index contributed by atoms with van der Waals surface area (Å²) in [5.74, 6) is -0.109. The molecule has 3 nitrogen and oxygen atoms in total. The molecule has 1 aromatic rings. The maximum absolute atomic E-state index is 13.3. The number of benzene rings is 1. The van der Waals surface area contributed by atoms with E-state index >= 15 is 0 Å². The molecule has 1 amide bonds. The Morgan fingerprint density at radius 2 is 2.18 bits per heavy atom. The van der Waals surface area contributed by atoms with Crippen molar-refractivity contribution in [2.75, 3.05) is 6.54 Å². The molecule has 3 rings (SSSR count). The average molecular weight is 234 g/mol. The van der Waals surface area contributed by atoms with Gasteiger partial charge in [0.2, 0.25) is 5.91 Å². The lowest BCUT2D eigenvalue weighted by atomic mass is 9.84. The van der Waals surface area contributed by atoms with Gasteiger partial charge < -0.3 is 10.6 Å². The second-order valence-electron chi connectivity index (χ2n) is 4.83. The van der Waals surface area contributed by atoms with Crippen LogP contribution in [-0.4, -0.2) is 23.4 Å². The fourth-order valence-electron chi connectivity index (χ4n) is 2.95. The van der Waals surface area contributed by atoms with Crippen LogP contribution in [0.3, 0.4) is 0 Å². The molecule has 17 heavy (non-hydrogen) atoms. The SMILES string of the molecule is NC1CCC(=O)N2CCc3ccc(F)cc3C12. The van der Waals surface area contributed by atoms with Gasteiger partial charge in [0.05, 0.1) is 6.04 Å². The van der Waals surface area contributed by atoms with Crippen LogP contribution < -0.4 is 5.73 Å². The second-order valence-corrected chi connectivity index (χ2v) is 4.83. The molecule has 2 heterocycles. The van der Waals surface area contributed by atoms with Gasteiger partial charge in [0, 0.05) is 19.0 Å². The summed E-state index contributed by atoms with van der Waals surface area (Å²) in [7, 11) is 0. The van der Waals surface area contributed by atoms with Gasteiger partial charge in [0.15, 0.2) is 0 Å². The van der Waals surface area contributed by atoms with Crippen LogP contribution >= 0.6 is 0 Å². The highest BCUT2D eigenvalue weighted by atomic mass is 19.1. The Kier molecular flexibility index (Phi) is 2.40. The van der Waals surface area contributed by atoms with Gasteiger partial charge in [-0.25, -0.2) is 4.39 Å². The molecule has 0 aliphatic carbocycles. The van der Waals surface area contributed by atoms with Crippen molar-refractivity contribution in [1.82, 2.24) is 4.90 Å². The summed E-state index contributed by atoms with van der Waals surface area (Å²) >= 11 is 0. The monoisotopic (exact) mass is 234 g/mol. The van der Waals surface area contributed by atoms with Gasteiger partial charge in [-0.2, -0.15) is 0 Å². The minimum atomic E-state index is -0.254. The lowest BCUT2D eigenvalue weighted by Gasteiger charge is -2.43. The number of rotatable bonds is 0. The molecule has 1 aromatic carbocycles. The molecule has 1 saturated heterocycles. The molecule has 2 N–H and O–H groups in total. The van der Waals surface area contributed by atoms with Crippen LogP contribution in [0.4, 0.5) is 4.39 Å². The second kappa shape index (κ2) is 3.81. The Morgan fingerprint density at radius 1 is 1.35 bits per heavy atom. The van der Waals surface area contributed by atoms with E-state index in [1.54, 1.807) is 0 Å². The highest BCUT2D eigenvalue weighted by Gasteiger charge is 2.38. The van der Waals surface area contributed by atoms with E-state index in [1.165, 1.54) is 12.1 Å². The normalized spacial score (nSPS) is 27.6. The van der Waals surface area contributed by atoms with Crippen LogP contribution in [0.25, 0.3) is 0 Å². The molecule has 0 radical (unpaired) electrons. The molecule has 2 unspecified atom stereocenters. The fourth-order valence-corrected chi connectivity index (χ4v) is 2.95. The van der Waals surface area contributed by atoms with Crippen molar-refractivity contribution in [1.29, 1.82) is 0 Å². The summed E-state index contributed by atoms with van der Waals surface area (Å²) in [5.41, 5.74) is 8.12. The molecule has 0 spiro atoms. The highest BCUT2D eigenvalue weighted by Crippen LogP contribution is 2.36. The first-order valence-corrected chi connectivity index (χ1v) is 6.00. The van der Waals surface area contributed by atoms with Gasteiger partial charge >= 0.3 is 0 Å². The maximum Gasteiger partial charge on any atom is 0.223 e. The van der Waals surface area contributed by atoms with E-state index in [-0.39, 0.29) is 23.8 Å². The summed E-state index contributed by atoms with van der Waals surface area (Å²) in [6.45, 7) is 0.704. The number of hydrogen-bond donors (Lipinski definition) is 1. The largest absolute Gasteiger partial charge is 0.334 e. The van der Waals surface area contributed by atoms with Gasteiger partial charge in [-0.3, -0.25) is 4.79 Å². The van der Waals surface area contributed by atoms with Crippen LogP contribution in [0.1, 0.15) is 30.0 Å². The molecule has 2 atom stereocenters. The van der Waals surface area contributed by atoms with Gasteiger partial charge in [0.25, 0.3) is 0 Å². The Morgan fingerprint density at radius 3 is 3.00 bits per heavy atom.